The van der Waals surface area contributed by atoms with E-state index in [0.29, 0.717) is 15.6 Å². The fourth-order valence-corrected chi connectivity index (χ4v) is 3.11. The molecule has 0 aliphatic carbocycles. The molecule has 7 heteroatoms. The molecule has 0 bridgehead atoms. The van der Waals surface area contributed by atoms with Crippen LogP contribution in [0.4, 0.5) is 0 Å². The van der Waals surface area contributed by atoms with Gasteiger partial charge in [0.1, 0.15) is 6.07 Å². The molecule has 5 nitrogen and oxygen atoms in total. The third kappa shape index (κ3) is 5.42. The van der Waals surface area contributed by atoms with E-state index in [1.54, 1.807) is 17.2 Å². The highest BCUT2D eigenvalue weighted by Gasteiger charge is 2.24. The fourth-order valence-electron chi connectivity index (χ4n) is 2.71. The Balaban J connectivity index is 0.000000480. The van der Waals surface area contributed by atoms with Gasteiger partial charge in [0.2, 0.25) is 0 Å². The molecule has 28 heavy (non-hydrogen) atoms. The molecule has 2 rings (SSSR count). The Morgan fingerprint density at radius 1 is 1.04 bits per heavy atom. The number of aromatic nitrogens is 1. The minimum atomic E-state index is -0.505. The minimum Gasteiger partial charge on any atom is -0.334 e. The highest BCUT2D eigenvalue weighted by atomic mass is 35.5. The van der Waals surface area contributed by atoms with E-state index in [1.165, 1.54) is 0 Å². The second kappa shape index (κ2) is 11.0. The second-order valence-electron chi connectivity index (χ2n) is 6.29. The first-order chi connectivity index (χ1) is 13.3. The van der Waals surface area contributed by atoms with Gasteiger partial charge in [-0.1, -0.05) is 49.2 Å². The molecule has 2 aromatic rings. The van der Waals surface area contributed by atoms with Crippen molar-refractivity contribution in [3.63, 3.8) is 0 Å². The van der Waals surface area contributed by atoms with Crippen LogP contribution in [-0.4, -0.2) is 22.6 Å². The van der Waals surface area contributed by atoms with E-state index < -0.39 is 5.66 Å². The Morgan fingerprint density at radius 3 is 2.07 bits per heavy atom. The van der Waals surface area contributed by atoms with Crippen LogP contribution in [0.5, 0.6) is 0 Å². The molecule has 0 aliphatic rings. The van der Waals surface area contributed by atoms with E-state index in [2.05, 4.69) is 6.07 Å². The second-order valence-corrected chi connectivity index (χ2v) is 7.07. The average molecular weight is 420 g/mol. The van der Waals surface area contributed by atoms with Gasteiger partial charge in [0, 0.05) is 36.6 Å². The van der Waals surface area contributed by atoms with E-state index in [1.807, 2.05) is 56.8 Å². The first-order valence-electron chi connectivity index (χ1n) is 9.32. The van der Waals surface area contributed by atoms with Gasteiger partial charge in [0.05, 0.1) is 21.3 Å². The van der Waals surface area contributed by atoms with E-state index in [4.69, 9.17) is 34.2 Å². The maximum atomic E-state index is 9.38. The topological polar surface area (TPSA) is 81.8 Å². The zero-order valence-electron chi connectivity index (χ0n) is 16.8. The van der Waals surface area contributed by atoms with Crippen molar-refractivity contribution in [2.45, 2.75) is 46.2 Å². The number of hydrogen-bond acceptors (Lipinski definition) is 4. The molecule has 1 aromatic heterocycles. The number of nitrogens with two attached hydrogens (primary N) is 1. The van der Waals surface area contributed by atoms with E-state index in [0.717, 1.165) is 37.1 Å². The summed E-state index contributed by atoms with van der Waals surface area (Å²) in [6.07, 6.45) is 7.23. The summed E-state index contributed by atoms with van der Waals surface area (Å²) >= 11 is 12.3. The number of nitrogens with zero attached hydrogens (tertiary/aromatic N) is 4. The van der Waals surface area contributed by atoms with Crippen molar-refractivity contribution in [2.24, 2.45) is 5.73 Å². The summed E-state index contributed by atoms with van der Waals surface area (Å²) in [5.74, 6) is 0. The third-order valence-corrected chi connectivity index (χ3v) is 5.65. The van der Waals surface area contributed by atoms with Crippen LogP contribution in [0.1, 0.15) is 46.1 Å². The molecule has 0 spiro atoms. The lowest BCUT2D eigenvalue weighted by Crippen LogP contribution is -2.40. The summed E-state index contributed by atoms with van der Waals surface area (Å²) in [6.45, 7) is 9.64. The molecule has 0 atom stereocenters. The van der Waals surface area contributed by atoms with Crippen LogP contribution in [-0.2, 0) is 5.66 Å². The zero-order valence-corrected chi connectivity index (χ0v) is 18.3. The molecule has 2 N–H and O–H groups in total. The molecular formula is C21H27Cl2N5. The minimum absolute atomic E-state index is 0.448. The molecule has 150 valence electrons. The molecular weight excluding hydrogens is 393 g/mol. The molecule has 0 saturated carbocycles. The van der Waals surface area contributed by atoms with Gasteiger partial charge in [-0.25, -0.2) is 0 Å². The number of rotatable bonds is 6. The third-order valence-electron chi connectivity index (χ3n) is 4.83. The smallest absolute Gasteiger partial charge is 0.179 e. The van der Waals surface area contributed by atoms with Crippen molar-refractivity contribution in [1.29, 1.82) is 10.5 Å². The van der Waals surface area contributed by atoms with Crippen molar-refractivity contribution in [3.05, 3.63) is 46.2 Å². The van der Waals surface area contributed by atoms with Crippen molar-refractivity contribution in [2.75, 3.05) is 13.1 Å². The van der Waals surface area contributed by atoms with Crippen LogP contribution in [0.15, 0.2) is 30.6 Å². The van der Waals surface area contributed by atoms with Crippen molar-refractivity contribution >= 4 is 23.2 Å². The number of nitriles is 2. The van der Waals surface area contributed by atoms with Crippen LogP contribution >= 0.6 is 23.2 Å². The number of hydrogen-bond donors (Lipinski definition) is 1. The SMILES string of the molecule is CCC(N)(CC)n1cc(C#N)c(-c2cccc(Cl)c2Cl)c1.CCN(C#N)CC. The Hall–Kier alpha value is -2.18. The predicted molar refractivity (Wildman–Crippen MR) is 116 cm³/mol. The first-order valence-corrected chi connectivity index (χ1v) is 10.1. The van der Waals surface area contributed by atoms with Crippen LogP contribution in [0.3, 0.4) is 0 Å². The average Bonchev–Trinajstić information content (AvgIpc) is 3.16. The molecule has 0 radical (unpaired) electrons. The summed E-state index contributed by atoms with van der Waals surface area (Å²) < 4.78 is 1.90. The largest absolute Gasteiger partial charge is 0.334 e. The maximum absolute atomic E-state index is 9.38. The van der Waals surface area contributed by atoms with E-state index in [9.17, 15) is 5.26 Å². The van der Waals surface area contributed by atoms with Gasteiger partial charge < -0.3 is 15.2 Å². The highest BCUT2D eigenvalue weighted by Crippen LogP contribution is 2.36. The highest BCUT2D eigenvalue weighted by molar-refractivity contribution is 6.43. The molecule has 0 unspecified atom stereocenters. The lowest BCUT2D eigenvalue weighted by Gasteiger charge is -2.28. The normalized spacial score (nSPS) is 10.5. The molecule has 1 aromatic carbocycles. The first kappa shape index (κ1) is 23.9. The number of benzene rings is 1. The zero-order chi connectivity index (χ0) is 21.3. The summed E-state index contributed by atoms with van der Waals surface area (Å²) in [5, 5.41) is 18.5. The number of halogens is 2. The van der Waals surface area contributed by atoms with Crippen LogP contribution in [0.2, 0.25) is 10.0 Å². The Kier molecular flexibility index (Phi) is 9.35. The van der Waals surface area contributed by atoms with Crippen molar-refractivity contribution in [1.82, 2.24) is 9.47 Å². The Bertz CT molecular complexity index is 853. The van der Waals surface area contributed by atoms with Crippen molar-refractivity contribution < 1.29 is 0 Å². The predicted octanol–water partition coefficient (Wildman–Crippen LogP) is 5.57. The monoisotopic (exact) mass is 419 g/mol. The maximum Gasteiger partial charge on any atom is 0.179 e. The lowest BCUT2D eigenvalue weighted by molar-refractivity contribution is 0.273. The van der Waals surface area contributed by atoms with Crippen LogP contribution < -0.4 is 5.73 Å². The van der Waals surface area contributed by atoms with Crippen LogP contribution in [0.25, 0.3) is 11.1 Å². The summed E-state index contributed by atoms with van der Waals surface area (Å²) in [6, 6.07) is 7.60. The van der Waals surface area contributed by atoms with Gasteiger partial charge in [-0.05, 0) is 32.8 Å². The summed E-state index contributed by atoms with van der Waals surface area (Å²) in [7, 11) is 0. The van der Waals surface area contributed by atoms with Gasteiger partial charge in [-0.3, -0.25) is 0 Å². The Labute approximate surface area is 177 Å². The van der Waals surface area contributed by atoms with Gasteiger partial charge in [-0.15, -0.1) is 0 Å². The van der Waals surface area contributed by atoms with Crippen LogP contribution in [0, 0.1) is 22.8 Å². The molecule has 0 aliphatic heterocycles. The van der Waals surface area contributed by atoms with E-state index >= 15 is 0 Å². The summed E-state index contributed by atoms with van der Waals surface area (Å²) in [4.78, 5) is 1.68. The lowest BCUT2D eigenvalue weighted by atomic mass is 10.0. The Morgan fingerprint density at radius 2 is 1.64 bits per heavy atom. The van der Waals surface area contributed by atoms with Crippen molar-refractivity contribution in [3.8, 4) is 23.4 Å². The van der Waals surface area contributed by atoms with Gasteiger partial charge in [0.25, 0.3) is 0 Å². The fraction of sp³-hybridized carbons (Fsp3) is 0.429. The molecule has 0 saturated heterocycles. The molecule has 0 amide bonds. The molecule has 0 fully saturated rings. The van der Waals surface area contributed by atoms with E-state index in [-0.39, 0.29) is 0 Å². The quantitative estimate of drug-likeness (QED) is 0.489. The summed E-state index contributed by atoms with van der Waals surface area (Å²) in [5.41, 5.74) is 7.92. The van der Waals surface area contributed by atoms with Gasteiger partial charge in [0.15, 0.2) is 6.19 Å². The standard InChI is InChI=1S/C16H17Cl2N3.C5H10N2/c1-3-16(20,4-2)21-9-11(8-19)13(10-21)12-6-5-7-14(17)15(12)18;1-3-7(4-2)5-6/h5-7,9-10H,3-4,20H2,1-2H3;3-4H2,1-2H3. The van der Waals surface area contributed by atoms with Gasteiger partial charge in [-0.2, -0.15) is 10.5 Å². The molecule has 1 heterocycles. The van der Waals surface area contributed by atoms with Gasteiger partial charge >= 0.3 is 0 Å².